The molecule has 6 nitrogen and oxygen atoms in total. The minimum atomic E-state index is -3.58. The molecule has 1 amide bonds. The lowest BCUT2D eigenvalue weighted by atomic mass is 9.97. The Morgan fingerprint density at radius 1 is 1.10 bits per heavy atom. The average molecular weight is 485 g/mol. The lowest BCUT2D eigenvalue weighted by molar-refractivity contribution is -0.126. The first kappa shape index (κ1) is 23.9. The molecular formula is C22H26Cl2N2O4S. The number of carbonyl (C=O) groups is 1. The zero-order valence-electron chi connectivity index (χ0n) is 17.3. The van der Waals surface area contributed by atoms with Crippen LogP contribution >= 0.6 is 23.2 Å². The van der Waals surface area contributed by atoms with Gasteiger partial charge in [0.05, 0.1) is 11.5 Å². The number of nitrogens with zero attached hydrogens (tertiary/aromatic N) is 1. The van der Waals surface area contributed by atoms with Gasteiger partial charge in [-0.3, -0.25) is 4.79 Å². The third-order valence-electron chi connectivity index (χ3n) is 5.23. The molecule has 2 aromatic carbocycles. The van der Waals surface area contributed by atoms with E-state index in [0.717, 1.165) is 5.56 Å². The van der Waals surface area contributed by atoms with E-state index in [1.54, 1.807) is 30.3 Å². The Balaban J connectivity index is 1.49. The number of nitrogens with one attached hydrogen (secondary N) is 1. The van der Waals surface area contributed by atoms with Gasteiger partial charge in [-0.05, 0) is 74.2 Å². The van der Waals surface area contributed by atoms with Gasteiger partial charge < -0.3 is 10.1 Å². The number of hydrogen-bond acceptors (Lipinski definition) is 4. The van der Waals surface area contributed by atoms with Crippen molar-refractivity contribution in [2.45, 2.75) is 31.1 Å². The van der Waals surface area contributed by atoms with Crippen LogP contribution in [0.1, 0.15) is 25.3 Å². The SMILES string of the molecule is CCOc1ccc(S(=O)(=O)N2CCC(C(=O)NCCc3cc(Cl)cc(Cl)c3)CC2)cc1. The van der Waals surface area contributed by atoms with Gasteiger partial charge in [-0.25, -0.2) is 8.42 Å². The molecule has 1 aliphatic rings. The van der Waals surface area contributed by atoms with Crippen LogP contribution in [0.2, 0.25) is 10.0 Å². The summed E-state index contributed by atoms with van der Waals surface area (Å²) in [5, 5.41) is 4.07. The highest BCUT2D eigenvalue weighted by Gasteiger charge is 2.32. The van der Waals surface area contributed by atoms with Crippen LogP contribution in [-0.4, -0.2) is 44.9 Å². The van der Waals surface area contributed by atoms with E-state index in [0.29, 0.717) is 61.3 Å². The standard InChI is InChI=1S/C22H26Cl2N2O4S/c1-2-30-20-3-5-21(6-4-20)31(28,29)26-11-8-17(9-12-26)22(27)25-10-7-16-13-18(23)15-19(24)14-16/h3-6,13-15,17H,2,7-12H2,1H3,(H,25,27). The van der Waals surface area contributed by atoms with Crippen molar-refractivity contribution < 1.29 is 17.9 Å². The van der Waals surface area contributed by atoms with E-state index < -0.39 is 10.0 Å². The van der Waals surface area contributed by atoms with Crippen LogP contribution in [0.5, 0.6) is 5.75 Å². The van der Waals surface area contributed by atoms with E-state index in [2.05, 4.69) is 5.32 Å². The fraction of sp³-hybridized carbons (Fsp3) is 0.409. The topological polar surface area (TPSA) is 75.7 Å². The fourth-order valence-corrected chi connectivity index (χ4v) is 5.65. The molecule has 0 aliphatic carbocycles. The maximum atomic E-state index is 12.9. The van der Waals surface area contributed by atoms with Crippen molar-refractivity contribution in [3.05, 3.63) is 58.1 Å². The van der Waals surface area contributed by atoms with Gasteiger partial charge in [-0.1, -0.05) is 23.2 Å². The number of benzene rings is 2. The summed E-state index contributed by atoms with van der Waals surface area (Å²) in [4.78, 5) is 12.7. The molecule has 0 unspecified atom stereocenters. The van der Waals surface area contributed by atoms with Crippen molar-refractivity contribution >= 4 is 39.1 Å². The second-order valence-electron chi connectivity index (χ2n) is 7.40. The number of amides is 1. The number of carbonyl (C=O) groups excluding carboxylic acids is 1. The smallest absolute Gasteiger partial charge is 0.243 e. The van der Waals surface area contributed by atoms with Crippen LogP contribution in [0, 0.1) is 5.92 Å². The molecule has 1 N–H and O–H groups in total. The Morgan fingerprint density at radius 3 is 2.29 bits per heavy atom. The summed E-state index contributed by atoms with van der Waals surface area (Å²) in [6.07, 6.45) is 1.60. The normalized spacial score (nSPS) is 15.6. The van der Waals surface area contributed by atoms with Crippen LogP contribution in [-0.2, 0) is 21.2 Å². The molecule has 1 saturated heterocycles. The van der Waals surface area contributed by atoms with Crippen molar-refractivity contribution in [2.24, 2.45) is 5.92 Å². The third kappa shape index (κ3) is 6.35. The Morgan fingerprint density at radius 2 is 1.71 bits per heavy atom. The third-order valence-corrected chi connectivity index (χ3v) is 7.58. The van der Waals surface area contributed by atoms with Gasteiger partial charge in [0.1, 0.15) is 5.75 Å². The van der Waals surface area contributed by atoms with E-state index in [9.17, 15) is 13.2 Å². The minimum Gasteiger partial charge on any atom is -0.494 e. The zero-order valence-corrected chi connectivity index (χ0v) is 19.6. The van der Waals surface area contributed by atoms with E-state index in [4.69, 9.17) is 27.9 Å². The number of rotatable bonds is 8. The quantitative estimate of drug-likeness (QED) is 0.610. The van der Waals surface area contributed by atoms with Gasteiger partial charge in [-0.2, -0.15) is 4.31 Å². The van der Waals surface area contributed by atoms with Gasteiger partial charge in [0.15, 0.2) is 0 Å². The first-order valence-electron chi connectivity index (χ1n) is 10.3. The van der Waals surface area contributed by atoms with Crippen LogP contribution in [0.4, 0.5) is 0 Å². The van der Waals surface area contributed by atoms with E-state index in [-0.39, 0.29) is 16.7 Å². The molecule has 31 heavy (non-hydrogen) atoms. The summed E-state index contributed by atoms with van der Waals surface area (Å²) in [6, 6.07) is 11.7. The molecule has 0 radical (unpaired) electrons. The number of sulfonamides is 1. The van der Waals surface area contributed by atoms with Crippen LogP contribution in [0.25, 0.3) is 0 Å². The lowest BCUT2D eigenvalue weighted by Crippen LogP contribution is -2.43. The fourth-order valence-electron chi connectivity index (χ4n) is 3.61. The molecular weight excluding hydrogens is 459 g/mol. The molecule has 0 saturated carbocycles. The molecule has 0 spiro atoms. The summed E-state index contributed by atoms with van der Waals surface area (Å²) >= 11 is 12.0. The Hall–Kier alpha value is -1.80. The molecule has 168 valence electrons. The van der Waals surface area contributed by atoms with E-state index in [1.165, 1.54) is 4.31 Å². The summed E-state index contributed by atoms with van der Waals surface area (Å²) in [6.45, 7) is 3.50. The second-order valence-corrected chi connectivity index (χ2v) is 10.2. The molecule has 1 fully saturated rings. The summed E-state index contributed by atoms with van der Waals surface area (Å²) in [5.74, 6) is 0.387. The predicted molar refractivity (Wildman–Crippen MR) is 122 cm³/mol. The molecule has 2 aromatic rings. The molecule has 1 aliphatic heterocycles. The second kappa shape index (κ2) is 10.7. The lowest BCUT2D eigenvalue weighted by Gasteiger charge is -2.30. The molecule has 1 heterocycles. The van der Waals surface area contributed by atoms with E-state index in [1.807, 2.05) is 19.1 Å². The number of hydrogen-bond donors (Lipinski definition) is 1. The summed E-state index contributed by atoms with van der Waals surface area (Å²) < 4.78 is 32.6. The van der Waals surface area contributed by atoms with E-state index >= 15 is 0 Å². The largest absolute Gasteiger partial charge is 0.494 e. The van der Waals surface area contributed by atoms with Crippen molar-refractivity contribution in [3.63, 3.8) is 0 Å². The van der Waals surface area contributed by atoms with Gasteiger partial charge in [0.25, 0.3) is 0 Å². The zero-order chi connectivity index (χ0) is 22.4. The predicted octanol–water partition coefficient (Wildman–Crippen LogP) is 4.15. The highest BCUT2D eigenvalue weighted by molar-refractivity contribution is 7.89. The van der Waals surface area contributed by atoms with Crippen molar-refractivity contribution in [2.75, 3.05) is 26.2 Å². The number of ether oxygens (including phenoxy) is 1. The van der Waals surface area contributed by atoms with Gasteiger partial charge >= 0.3 is 0 Å². The summed E-state index contributed by atoms with van der Waals surface area (Å²) in [7, 11) is -3.58. The minimum absolute atomic E-state index is 0.0498. The molecule has 0 bridgehead atoms. The van der Waals surface area contributed by atoms with Crippen molar-refractivity contribution in [1.82, 2.24) is 9.62 Å². The Labute approximate surface area is 193 Å². The Bertz CT molecular complexity index is 984. The maximum Gasteiger partial charge on any atom is 0.243 e. The molecule has 3 rings (SSSR count). The van der Waals surface area contributed by atoms with Crippen LogP contribution < -0.4 is 10.1 Å². The first-order valence-corrected chi connectivity index (χ1v) is 12.4. The monoisotopic (exact) mass is 484 g/mol. The number of halogens is 2. The van der Waals surface area contributed by atoms with Crippen molar-refractivity contribution in [3.8, 4) is 5.75 Å². The van der Waals surface area contributed by atoms with Gasteiger partial charge in [-0.15, -0.1) is 0 Å². The molecule has 9 heteroatoms. The first-order chi connectivity index (χ1) is 14.8. The molecule has 0 aromatic heterocycles. The van der Waals surface area contributed by atoms with Gasteiger partial charge in [0, 0.05) is 35.6 Å². The summed E-state index contributed by atoms with van der Waals surface area (Å²) in [5.41, 5.74) is 0.953. The highest BCUT2D eigenvalue weighted by atomic mass is 35.5. The van der Waals surface area contributed by atoms with Crippen molar-refractivity contribution in [1.29, 1.82) is 0 Å². The maximum absolute atomic E-state index is 12.9. The number of piperidine rings is 1. The van der Waals surface area contributed by atoms with Gasteiger partial charge in [0.2, 0.25) is 15.9 Å². The molecule has 0 atom stereocenters. The Kier molecular flexibility index (Phi) is 8.22. The van der Waals surface area contributed by atoms with Crippen LogP contribution in [0.3, 0.4) is 0 Å². The highest BCUT2D eigenvalue weighted by Crippen LogP contribution is 2.25. The average Bonchev–Trinajstić information content (AvgIpc) is 2.74. The van der Waals surface area contributed by atoms with Crippen LogP contribution in [0.15, 0.2) is 47.4 Å².